The lowest BCUT2D eigenvalue weighted by molar-refractivity contribution is 0.0341. The third kappa shape index (κ3) is 7.33. The number of carbonyl (C=O) groups excluding carboxylic acids is 1. The van der Waals surface area contributed by atoms with Gasteiger partial charge in [-0.25, -0.2) is 8.42 Å². The van der Waals surface area contributed by atoms with Crippen LogP contribution in [0.3, 0.4) is 0 Å². The highest BCUT2D eigenvalue weighted by molar-refractivity contribution is 7.92. The lowest BCUT2D eigenvalue weighted by Gasteiger charge is -2.38. The van der Waals surface area contributed by atoms with Gasteiger partial charge in [-0.1, -0.05) is 19.1 Å². The molecule has 0 radical (unpaired) electrons. The average Bonchev–Trinajstić information content (AvgIpc) is 2.99. The molecule has 3 atom stereocenters. The van der Waals surface area contributed by atoms with Gasteiger partial charge >= 0.3 is 0 Å². The van der Waals surface area contributed by atoms with Gasteiger partial charge in [0.25, 0.3) is 15.9 Å². The van der Waals surface area contributed by atoms with Crippen LogP contribution in [0.4, 0.5) is 5.69 Å². The number of anilines is 1. The fourth-order valence-corrected chi connectivity index (χ4v) is 5.94. The van der Waals surface area contributed by atoms with Crippen molar-refractivity contribution in [1.82, 2.24) is 9.80 Å². The predicted octanol–water partition coefficient (Wildman–Crippen LogP) is 3.86. The maximum absolute atomic E-state index is 13.7. The summed E-state index contributed by atoms with van der Waals surface area (Å²) in [7, 11) is 1.22. The minimum atomic E-state index is -3.93. The number of rotatable bonds is 11. The summed E-state index contributed by atoms with van der Waals surface area (Å²) in [5.74, 6) is 1.30. The van der Waals surface area contributed by atoms with Crippen LogP contribution in [0.1, 0.15) is 29.8 Å². The summed E-state index contributed by atoms with van der Waals surface area (Å²) in [4.78, 5) is 17.6. The molecule has 1 aliphatic rings. The van der Waals surface area contributed by atoms with Crippen LogP contribution < -0.4 is 18.9 Å². The van der Waals surface area contributed by atoms with Crippen LogP contribution in [-0.4, -0.2) is 82.3 Å². The highest BCUT2D eigenvalue weighted by Gasteiger charge is 2.33. The third-order valence-corrected chi connectivity index (χ3v) is 8.79. The first kappa shape index (κ1) is 31.1. The molecule has 1 heterocycles. The van der Waals surface area contributed by atoms with Crippen molar-refractivity contribution in [3.8, 4) is 17.2 Å². The normalized spacial score (nSPS) is 18.0. The molecule has 3 aromatic rings. The number of ether oxygens (including phenoxy) is 3. The summed E-state index contributed by atoms with van der Waals surface area (Å²) in [5.41, 5.74) is 1.57. The molecule has 10 nitrogen and oxygen atoms in total. The van der Waals surface area contributed by atoms with Crippen molar-refractivity contribution >= 4 is 21.6 Å². The number of likely N-dealkylation sites (N-methyl/N-ethyl adjacent to an activating group) is 1. The minimum Gasteiger partial charge on any atom is -0.497 e. The van der Waals surface area contributed by atoms with Gasteiger partial charge in [-0.2, -0.15) is 0 Å². The Morgan fingerprint density at radius 2 is 1.67 bits per heavy atom. The number of hydrogen-bond acceptors (Lipinski definition) is 8. The second-order valence-electron chi connectivity index (χ2n) is 10.7. The monoisotopic (exact) mass is 597 g/mol. The third-order valence-electron chi connectivity index (χ3n) is 7.39. The van der Waals surface area contributed by atoms with E-state index in [1.54, 1.807) is 43.2 Å². The number of carbonyl (C=O) groups is 1. The van der Waals surface area contributed by atoms with Crippen LogP contribution in [0.2, 0.25) is 0 Å². The Kier molecular flexibility index (Phi) is 9.97. The van der Waals surface area contributed by atoms with Crippen LogP contribution in [0, 0.1) is 5.92 Å². The standard InChI is InChI=1S/C31H39N3O7S/c1-21-17-34(22(2)20-35)31(36)28-16-24(32-42(37,38)27-13-11-26(40-5)12-14-27)8-15-29(28)41-30(21)19-33(3)18-23-6-9-25(39-4)10-7-23/h6-16,21-22,30,32,35H,17-20H2,1-5H3/t21-,22-,30+/m0/s1. The Hall–Kier alpha value is -3.80. The number of nitrogens with zero attached hydrogens (tertiary/aromatic N) is 2. The lowest BCUT2D eigenvalue weighted by Crippen LogP contribution is -2.49. The van der Waals surface area contributed by atoms with Crippen LogP contribution in [0.15, 0.2) is 71.6 Å². The maximum atomic E-state index is 13.7. The molecule has 2 N–H and O–H groups in total. The zero-order chi connectivity index (χ0) is 30.4. The Balaban J connectivity index is 1.60. The van der Waals surface area contributed by atoms with E-state index in [4.69, 9.17) is 14.2 Å². The van der Waals surface area contributed by atoms with Crippen molar-refractivity contribution in [2.45, 2.75) is 37.4 Å². The molecule has 4 rings (SSSR count). The summed E-state index contributed by atoms with van der Waals surface area (Å²) in [5, 5.41) is 9.94. The smallest absolute Gasteiger partial charge is 0.261 e. The number of hydrogen-bond donors (Lipinski definition) is 2. The summed E-state index contributed by atoms with van der Waals surface area (Å²) >= 11 is 0. The van der Waals surface area contributed by atoms with E-state index < -0.39 is 16.1 Å². The molecule has 226 valence electrons. The molecule has 0 saturated carbocycles. The Labute approximate surface area is 247 Å². The molecule has 0 unspecified atom stereocenters. The summed E-state index contributed by atoms with van der Waals surface area (Å²) in [6.07, 6.45) is -0.282. The molecule has 0 bridgehead atoms. The van der Waals surface area contributed by atoms with Crippen molar-refractivity contribution in [1.29, 1.82) is 0 Å². The van der Waals surface area contributed by atoms with Crippen LogP contribution in [0.5, 0.6) is 17.2 Å². The average molecular weight is 598 g/mol. The molecular weight excluding hydrogens is 558 g/mol. The molecule has 0 saturated heterocycles. The fraction of sp³-hybridized carbons (Fsp3) is 0.387. The van der Waals surface area contributed by atoms with Gasteiger partial charge in [0.2, 0.25) is 0 Å². The molecule has 0 spiro atoms. The molecule has 0 fully saturated rings. The molecule has 1 amide bonds. The lowest BCUT2D eigenvalue weighted by atomic mass is 9.99. The number of amides is 1. The maximum Gasteiger partial charge on any atom is 0.261 e. The van der Waals surface area contributed by atoms with E-state index in [1.807, 2.05) is 38.2 Å². The second kappa shape index (κ2) is 13.5. The molecule has 1 aliphatic heterocycles. The number of benzene rings is 3. The van der Waals surface area contributed by atoms with E-state index in [2.05, 4.69) is 9.62 Å². The van der Waals surface area contributed by atoms with E-state index in [9.17, 15) is 18.3 Å². The van der Waals surface area contributed by atoms with Crippen molar-refractivity contribution in [2.75, 3.05) is 45.7 Å². The Morgan fingerprint density at radius 3 is 2.26 bits per heavy atom. The summed E-state index contributed by atoms with van der Waals surface area (Å²) in [6, 6.07) is 18.2. The van der Waals surface area contributed by atoms with Crippen LogP contribution in [0.25, 0.3) is 0 Å². The quantitative estimate of drug-likeness (QED) is 0.342. The van der Waals surface area contributed by atoms with Gasteiger partial charge in [0.1, 0.15) is 23.4 Å². The van der Waals surface area contributed by atoms with Gasteiger partial charge < -0.3 is 24.2 Å². The largest absolute Gasteiger partial charge is 0.497 e. The van der Waals surface area contributed by atoms with Gasteiger partial charge in [0.15, 0.2) is 0 Å². The number of aliphatic hydroxyl groups is 1. The predicted molar refractivity (Wildman–Crippen MR) is 161 cm³/mol. The van der Waals surface area contributed by atoms with Gasteiger partial charge in [0.05, 0.1) is 37.3 Å². The first-order chi connectivity index (χ1) is 20.0. The molecule has 0 aromatic heterocycles. The molecule has 42 heavy (non-hydrogen) atoms. The summed E-state index contributed by atoms with van der Waals surface area (Å²) < 4.78 is 45.5. The van der Waals surface area contributed by atoms with Gasteiger partial charge in [0, 0.05) is 31.2 Å². The zero-order valence-corrected chi connectivity index (χ0v) is 25.4. The van der Waals surface area contributed by atoms with Gasteiger partial charge in [-0.15, -0.1) is 0 Å². The highest BCUT2D eigenvalue weighted by Crippen LogP contribution is 2.32. The van der Waals surface area contributed by atoms with Crippen molar-refractivity contribution in [3.63, 3.8) is 0 Å². The first-order valence-corrected chi connectivity index (χ1v) is 15.2. The van der Waals surface area contributed by atoms with Crippen LogP contribution in [-0.2, 0) is 16.6 Å². The minimum absolute atomic E-state index is 0.0531. The second-order valence-corrected chi connectivity index (χ2v) is 12.3. The first-order valence-electron chi connectivity index (χ1n) is 13.8. The van der Waals surface area contributed by atoms with Gasteiger partial charge in [-0.05, 0) is 74.1 Å². The molecule has 0 aliphatic carbocycles. The SMILES string of the molecule is COc1ccc(CN(C)C[C@H]2Oc3ccc(NS(=O)(=O)c4ccc(OC)cc4)cc3C(=O)N([C@@H](C)CO)C[C@@H]2C)cc1. The molecule has 11 heteroatoms. The van der Waals surface area contributed by atoms with E-state index >= 15 is 0 Å². The highest BCUT2D eigenvalue weighted by atomic mass is 32.2. The van der Waals surface area contributed by atoms with Crippen molar-refractivity contribution in [2.24, 2.45) is 5.92 Å². The zero-order valence-electron chi connectivity index (χ0n) is 24.6. The fourth-order valence-electron chi connectivity index (χ4n) is 4.89. The topological polar surface area (TPSA) is 118 Å². The van der Waals surface area contributed by atoms with Crippen LogP contribution >= 0.6 is 0 Å². The van der Waals surface area contributed by atoms with E-state index in [1.165, 1.54) is 25.3 Å². The number of methoxy groups -OCH3 is 2. The van der Waals surface area contributed by atoms with E-state index in [0.717, 1.165) is 11.3 Å². The number of sulfonamides is 1. The van der Waals surface area contributed by atoms with E-state index in [0.29, 0.717) is 31.1 Å². The number of nitrogens with one attached hydrogen (secondary N) is 1. The van der Waals surface area contributed by atoms with Crippen molar-refractivity contribution in [3.05, 3.63) is 77.9 Å². The van der Waals surface area contributed by atoms with Gasteiger partial charge in [-0.3, -0.25) is 14.4 Å². The summed E-state index contributed by atoms with van der Waals surface area (Å²) in [6.45, 7) is 5.23. The Bertz CT molecular complexity index is 1460. The number of aliphatic hydroxyl groups excluding tert-OH is 1. The molecular formula is C31H39N3O7S. The number of fused-ring (bicyclic) bond motifs is 1. The molecule has 3 aromatic carbocycles. The van der Waals surface area contributed by atoms with Crippen molar-refractivity contribution < 1.29 is 32.5 Å². The Morgan fingerprint density at radius 1 is 1.05 bits per heavy atom. The van der Waals surface area contributed by atoms with E-state index in [-0.39, 0.29) is 40.7 Å².